The predicted molar refractivity (Wildman–Crippen MR) is 71.2 cm³/mol. The minimum atomic E-state index is 0.154. The van der Waals surface area contributed by atoms with E-state index in [4.69, 9.17) is 11.6 Å². The van der Waals surface area contributed by atoms with Crippen LogP contribution in [0.25, 0.3) is 0 Å². The van der Waals surface area contributed by atoms with Crippen molar-refractivity contribution >= 4 is 34.3 Å². The maximum Gasteiger partial charge on any atom is 0.203 e. The van der Waals surface area contributed by atoms with Gasteiger partial charge in [-0.3, -0.25) is 5.43 Å². The average Bonchev–Trinajstić information content (AvgIpc) is 2.69. The van der Waals surface area contributed by atoms with Crippen molar-refractivity contribution in [2.45, 2.75) is 6.92 Å². The molecule has 0 bridgehead atoms. The number of anilines is 1. The van der Waals surface area contributed by atoms with E-state index in [0.29, 0.717) is 10.6 Å². The van der Waals surface area contributed by atoms with Crippen LogP contribution in [0, 0.1) is 6.92 Å². The quantitative estimate of drug-likeness (QED) is 0.663. The van der Waals surface area contributed by atoms with Crippen LogP contribution in [0.5, 0.6) is 5.75 Å². The molecular formula is C11H10ClN3OS. The number of aromatic hydroxyl groups is 1. The smallest absolute Gasteiger partial charge is 0.203 e. The monoisotopic (exact) mass is 267 g/mol. The van der Waals surface area contributed by atoms with Gasteiger partial charge >= 0.3 is 0 Å². The lowest BCUT2D eigenvalue weighted by Crippen LogP contribution is -1.90. The van der Waals surface area contributed by atoms with Crippen LogP contribution in [-0.4, -0.2) is 16.3 Å². The van der Waals surface area contributed by atoms with Crippen molar-refractivity contribution < 1.29 is 5.11 Å². The van der Waals surface area contributed by atoms with Crippen molar-refractivity contribution in [2.24, 2.45) is 5.10 Å². The molecule has 17 heavy (non-hydrogen) atoms. The summed E-state index contributed by atoms with van der Waals surface area (Å²) in [5.74, 6) is 0.154. The van der Waals surface area contributed by atoms with Crippen LogP contribution in [0.4, 0.5) is 5.13 Å². The molecule has 4 nitrogen and oxygen atoms in total. The van der Waals surface area contributed by atoms with E-state index in [1.807, 2.05) is 12.3 Å². The van der Waals surface area contributed by atoms with Crippen LogP contribution in [0.3, 0.4) is 0 Å². The number of halogens is 1. The number of aromatic nitrogens is 1. The number of hydrazone groups is 1. The van der Waals surface area contributed by atoms with Crippen LogP contribution < -0.4 is 5.43 Å². The first-order chi connectivity index (χ1) is 8.15. The lowest BCUT2D eigenvalue weighted by Gasteiger charge is -1.98. The average molecular weight is 268 g/mol. The van der Waals surface area contributed by atoms with E-state index in [9.17, 15) is 5.11 Å². The molecule has 0 aliphatic heterocycles. The molecule has 0 aliphatic rings. The van der Waals surface area contributed by atoms with Crippen LogP contribution in [0.2, 0.25) is 5.02 Å². The van der Waals surface area contributed by atoms with E-state index in [-0.39, 0.29) is 5.75 Å². The maximum absolute atomic E-state index is 9.31. The Hall–Kier alpha value is -1.59. The van der Waals surface area contributed by atoms with Gasteiger partial charge in [0, 0.05) is 16.0 Å². The molecule has 0 atom stereocenters. The third-order valence-corrected chi connectivity index (χ3v) is 3.17. The Morgan fingerprint density at radius 1 is 1.53 bits per heavy atom. The number of nitrogens with zero attached hydrogens (tertiary/aromatic N) is 2. The van der Waals surface area contributed by atoms with Gasteiger partial charge in [-0.25, -0.2) is 4.98 Å². The molecule has 1 aromatic heterocycles. The molecule has 0 spiro atoms. The second-order valence-electron chi connectivity index (χ2n) is 3.37. The van der Waals surface area contributed by atoms with Gasteiger partial charge in [0.1, 0.15) is 5.75 Å². The number of rotatable bonds is 3. The lowest BCUT2D eigenvalue weighted by molar-refractivity contribution is 0.475. The molecule has 88 valence electrons. The molecule has 2 rings (SSSR count). The summed E-state index contributed by atoms with van der Waals surface area (Å²) in [5, 5.41) is 16.5. The van der Waals surface area contributed by atoms with Crippen molar-refractivity contribution in [3.63, 3.8) is 0 Å². The molecule has 0 radical (unpaired) electrons. The molecule has 0 fully saturated rings. The first kappa shape index (κ1) is 11.9. The first-order valence-electron chi connectivity index (χ1n) is 4.85. The SMILES string of the molecule is Cc1csc(NN=Cc2cc(O)ccc2Cl)n1. The van der Waals surface area contributed by atoms with Gasteiger partial charge in [-0.2, -0.15) is 5.10 Å². The summed E-state index contributed by atoms with van der Waals surface area (Å²) < 4.78 is 0. The van der Waals surface area contributed by atoms with Gasteiger partial charge in [-0.1, -0.05) is 11.6 Å². The van der Waals surface area contributed by atoms with Crippen molar-refractivity contribution in [3.05, 3.63) is 39.9 Å². The van der Waals surface area contributed by atoms with Gasteiger partial charge in [0.25, 0.3) is 0 Å². The topological polar surface area (TPSA) is 57.5 Å². The van der Waals surface area contributed by atoms with Crippen LogP contribution in [-0.2, 0) is 0 Å². The third kappa shape index (κ3) is 3.18. The Morgan fingerprint density at radius 3 is 3.06 bits per heavy atom. The zero-order chi connectivity index (χ0) is 12.3. The van der Waals surface area contributed by atoms with Gasteiger partial charge < -0.3 is 5.11 Å². The van der Waals surface area contributed by atoms with Gasteiger partial charge in [0.15, 0.2) is 0 Å². The maximum atomic E-state index is 9.31. The largest absolute Gasteiger partial charge is 0.508 e. The number of phenolic OH excluding ortho intramolecular Hbond substituents is 1. The lowest BCUT2D eigenvalue weighted by atomic mass is 10.2. The molecule has 2 aromatic rings. The molecular weight excluding hydrogens is 258 g/mol. The molecule has 0 amide bonds. The third-order valence-electron chi connectivity index (χ3n) is 1.96. The fourth-order valence-corrected chi connectivity index (χ4v) is 2.00. The van der Waals surface area contributed by atoms with E-state index in [0.717, 1.165) is 10.8 Å². The summed E-state index contributed by atoms with van der Waals surface area (Å²) in [6.45, 7) is 1.91. The minimum absolute atomic E-state index is 0.154. The highest BCUT2D eigenvalue weighted by Crippen LogP contribution is 2.19. The highest BCUT2D eigenvalue weighted by atomic mass is 35.5. The number of hydrogen-bond donors (Lipinski definition) is 2. The fourth-order valence-electron chi connectivity index (χ4n) is 1.19. The highest BCUT2D eigenvalue weighted by molar-refractivity contribution is 7.13. The zero-order valence-electron chi connectivity index (χ0n) is 9.01. The molecule has 2 N–H and O–H groups in total. The Kier molecular flexibility index (Phi) is 3.61. The Labute approximate surface area is 108 Å². The molecule has 0 unspecified atom stereocenters. The van der Waals surface area contributed by atoms with E-state index in [1.165, 1.54) is 17.4 Å². The highest BCUT2D eigenvalue weighted by Gasteiger charge is 1.99. The summed E-state index contributed by atoms with van der Waals surface area (Å²) >= 11 is 7.41. The molecule has 1 aromatic carbocycles. The predicted octanol–water partition coefficient (Wildman–Crippen LogP) is 3.26. The van der Waals surface area contributed by atoms with Crippen LogP contribution >= 0.6 is 22.9 Å². The molecule has 1 heterocycles. The van der Waals surface area contributed by atoms with Crippen molar-refractivity contribution in [3.8, 4) is 5.75 Å². The number of thiazole rings is 1. The molecule has 0 saturated carbocycles. The van der Waals surface area contributed by atoms with Crippen molar-refractivity contribution in [2.75, 3.05) is 5.43 Å². The number of benzene rings is 1. The summed E-state index contributed by atoms with van der Waals surface area (Å²) in [4.78, 5) is 4.19. The van der Waals surface area contributed by atoms with Gasteiger partial charge in [-0.05, 0) is 25.1 Å². The standard InChI is InChI=1S/C11H10ClN3OS/c1-7-6-17-11(14-7)15-13-5-8-4-9(16)2-3-10(8)12/h2-6,16H,1H3,(H,14,15). The minimum Gasteiger partial charge on any atom is -0.508 e. The number of aryl methyl sites for hydroxylation is 1. The summed E-state index contributed by atoms with van der Waals surface area (Å²) in [7, 11) is 0. The van der Waals surface area contributed by atoms with Crippen molar-refractivity contribution in [1.82, 2.24) is 4.98 Å². The van der Waals surface area contributed by atoms with Crippen LogP contribution in [0.15, 0.2) is 28.7 Å². The Morgan fingerprint density at radius 2 is 2.35 bits per heavy atom. The molecule has 0 saturated heterocycles. The number of hydrogen-bond acceptors (Lipinski definition) is 5. The van der Waals surface area contributed by atoms with Crippen molar-refractivity contribution in [1.29, 1.82) is 0 Å². The first-order valence-corrected chi connectivity index (χ1v) is 6.10. The normalized spacial score (nSPS) is 10.9. The Bertz CT molecular complexity index is 553. The Balaban J connectivity index is 2.07. The van der Waals surface area contributed by atoms with E-state index < -0.39 is 0 Å². The van der Waals surface area contributed by atoms with E-state index in [1.54, 1.807) is 18.3 Å². The van der Waals surface area contributed by atoms with E-state index in [2.05, 4.69) is 15.5 Å². The fraction of sp³-hybridized carbons (Fsp3) is 0.0909. The molecule has 0 aliphatic carbocycles. The second-order valence-corrected chi connectivity index (χ2v) is 4.64. The number of nitrogens with one attached hydrogen (secondary N) is 1. The summed E-state index contributed by atoms with van der Waals surface area (Å²) in [6, 6.07) is 4.68. The number of phenols is 1. The zero-order valence-corrected chi connectivity index (χ0v) is 10.6. The summed E-state index contributed by atoms with van der Waals surface area (Å²) in [6.07, 6.45) is 1.54. The van der Waals surface area contributed by atoms with Gasteiger partial charge in [0.2, 0.25) is 5.13 Å². The van der Waals surface area contributed by atoms with Gasteiger partial charge in [-0.15, -0.1) is 11.3 Å². The van der Waals surface area contributed by atoms with Gasteiger partial charge in [0.05, 0.1) is 11.9 Å². The second kappa shape index (κ2) is 5.16. The summed E-state index contributed by atoms with van der Waals surface area (Å²) in [5.41, 5.74) is 4.39. The van der Waals surface area contributed by atoms with E-state index >= 15 is 0 Å². The van der Waals surface area contributed by atoms with Crippen LogP contribution in [0.1, 0.15) is 11.3 Å². The molecule has 6 heteroatoms.